The molecule has 0 spiro atoms. The lowest BCUT2D eigenvalue weighted by Gasteiger charge is -2.20. The minimum atomic E-state index is -4.45. The largest absolute Gasteiger partial charge is 0.461 e. The van der Waals surface area contributed by atoms with Gasteiger partial charge in [0.1, 0.15) is 17.7 Å². The Kier molecular flexibility index (Phi) is 12.0. The maximum atomic E-state index is 15.3. The van der Waals surface area contributed by atoms with Gasteiger partial charge in [-0.2, -0.15) is 0 Å². The molecule has 0 saturated carbocycles. The summed E-state index contributed by atoms with van der Waals surface area (Å²) < 4.78 is 65.6. The monoisotopic (exact) mass is 755 g/mol. The number of aliphatic hydroxyl groups excluding tert-OH is 1. The van der Waals surface area contributed by atoms with E-state index in [-0.39, 0.29) is 28.5 Å². The Labute approximate surface area is 303 Å². The lowest BCUT2D eigenvalue weighted by atomic mass is 9.95. The molecule has 2 amide bonds. The van der Waals surface area contributed by atoms with Gasteiger partial charge >= 0.3 is 11.7 Å². The number of sulfonamides is 1. The van der Waals surface area contributed by atoms with Crippen molar-refractivity contribution in [3.05, 3.63) is 116 Å². The van der Waals surface area contributed by atoms with Crippen LogP contribution in [0.4, 0.5) is 20.2 Å². The van der Waals surface area contributed by atoms with E-state index < -0.39 is 80.2 Å². The van der Waals surface area contributed by atoms with Gasteiger partial charge in [-0.3, -0.25) is 19.1 Å². The molecule has 282 valence electrons. The van der Waals surface area contributed by atoms with Gasteiger partial charge < -0.3 is 25.0 Å². The summed E-state index contributed by atoms with van der Waals surface area (Å²) in [6.07, 6.45) is 0.412. The molecule has 1 aromatic heterocycles. The first-order valence-corrected chi connectivity index (χ1v) is 17.7. The highest BCUT2D eigenvalue weighted by Crippen LogP contribution is 2.25. The van der Waals surface area contributed by atoms with E-state index in [1.165, 1.54) is 49.6 Å². The number of nitrogens with one attached hydrogen (secondary N) is 3. The first kappa shape index (κ1) is 40.1. The highest BCUT2D eigenvalue weighted by molar-refractivity contribution is 7.92. The van der Waals surface area contributed by atoms with Gasteiger partial charge in [0, 0.05) is 36.8 Å². The summed E-state index contributed by atoms with van der Waals surface area (Å²) in [4.78, 5) is 63.5. The van der Waals surface area contributed by atoms with Gasteiger partial charge in [-0.25, -0.2) is 31.4 Å². The molecular formula is C36H39F2N5O9S. The molecule has 0 bridgehead atoms. The third-order valence-corrected chi connectivity index (χ3v) is 9.10. The Hall–Kier alpha value is -5.68. The van der Waals surface area contributed by atoms with E-state index in [0.717, 1.165) is 21.3 Å². The number of aryl methyl sites for hydroxylation is 1. The number of aliphatic hydroxyl groups is 1. The molecule has 0 fully saturated rings. The fraction of sp³-hybridized carbons (Fsp3) is 0.306. The molecule has 1 heterocycles. The Balaban J connectivity index is 1.54. The second-order valence-electron chi connectivity index (χ2n) is 13.4. The van der Waals surface area contributed by atoms with E-state index in [2.05, 4.69) is 10.6 Å². The number of benzene rings is 3. The first-order chi connectivity index (χ1) is 24.7. The van der Waals surface area contributed by atoms with Crippen molar-refractivity contribution in [1.29, 1.82) is 0 Å². The van der Waals surface area contributed by atoms with Crippen molar-refractivity contribution in [3.8, 4) is 5.69 Å². The zero-order valence-corrected chi connectivity index (χ0v) is 30.5. The summed E-state index contributed by atoms with van der Waals surface area (Å²) in [7, 11) is -3.03. The lowest BCUT2D eigenvalue weighted by molar-refractivity contribution is -0.149. The van der Waals surface area contributed by atoms with Crippen LogP contribution in [0.5, 0.6) is 0 Å². The predicted octanol–water partition coefficient (Wildman–Crippen LogP) is 3.38. The maximum absolute atomic E-state index is 15.3. The van der Waals surface area contributed by atoms with Crippen LogP contribution in [-0.2, 0) is 44.4 Å². The Bertz CT molecular complexity index is 2260. The van der Waals surface area contributed by atoms with Gasteiger partial charge in [-0.05, 0) is 61.9 Å². The van der Waals surface area contributed by atoms with Gasteiger partial charge in [0.15, 0.2) is 0 Å². The Morgan fingerprint density at radius 3 is 2.13 bits per heavy atom. The van der Waals surface area contributed by atoms with Crippen LogP contribution in [0.2, 0.25) is 0 Å². The number of ether oxygens (including phenoxy) is 1. The van der Waals surface area contributed by atoms with E-state index in [0.29, 0.717) is 23.4 Å². The smallest absolute Gasteiger partial charge is 0.335 e. The van der Waals surface area contributed by atoms with Crippen molar-refractivity contribution in [2.24, 2.45) is 12.5 Å². The fourth-order valence-corrected chi connectivity index (χ4v) is 5.93. The standard InChI is InChI=1S/C36H39F2N5O9S/c1-20(2)52-33(47)30(15-21-7-11-24(12-8-21)43-32(46)22(19-44)18-42(6)35(43)49)40-31(45)26-16-28(38)29(17-27(26)37)41-53(50,51)25-13-9-23(10-14-25)39-34(48)36(3,4)5/h7-14,16-18,20,30,41,44H,15,19H2,1-6H3,(H,39,48)(H,40,45)/t30-/m0/s1. The van der Waals surface area contributed by atoms with Gasteiger partial charge in [0.25, 0.3) is 21.5 Å². The number of anilines is 2. The lowest BCUT2D eigenvalue weighted by Crippen LogP contribution is -2.44. The quantitative estimate of drug-likeness (QED) is 0.157. The van der Waals surface area contributed by atoms with Crippen LogP contribution in [0.25, 0.3) is 5.69 Å². The van der Waals surface area contributed by atoms with Crippen molar-refractivity contribution in [2.45, 2.75) is 64.7 Å². The molecule has 17 heteroatoms. The van der Waals surface area contributed by atoms with Crippen LogP contribution < -0.4 is 26.6 Å². The number of carbonyl (C=O) groups is 3. The van der Waals surface area contributed by atoms with Gasteiger partial charge in [-0.1, -0.05) is 32.9 Å². The number of carbonyl (C=O) groups excluding carboxylic acids is 3. The van der Waals surface area contributed by atoms with Crippen LogP contribution in [0.15, 0.2) is 81.3 Å². The van der Waals surface area contributed by atoms with Gasteiger partial charge in [0.2, 0.25) is 5.91 Å². The van der Waals surface area contributed by atoms with Gasteiger partial charge in [0.05, 0.1) is 40.1 Å². The van der Waals surface area contributed by atoms with Crippen molar-refractivity contribution >= 4 is 39.2 Å². The molecular weight excluding hydrogens is 716 g/mol. The fourth-order valence-electron chi connectivity index (χ4n) is 4.87. The normalized spacial score (nSPS) is 12.3. The van der Waals surface area contributed by atoms with Crippen LogP contribution in [0.1, 0.15) is 56.1 Å². The van der Waals surface area contributed by atoms with Crippen LogP contribution in [0.3, 0.4) is 0 Å². The minimum Gasteiger partial charge on any atom is -0.461 e. The third-order valence-electron chi connectivity index (χ3n) is 7.72. The number of nitrogens with zero attached hydrogens (tertiary/aromatic N) is 2. The molecule has 14 nitrogen and oxygen atoms in total. The molecule has 0 aliphatic rings. The average molecular weight is 756 g/mol. The molecule has 53 heavy (non-hydrogen) atoms. The second kappa shape index (κ2) is 15.9. The zero-order chi connectivity index (χ0) is 39.4. The minimum absolute atomic E-state index is 0.0151. The van der Waals surface area contributed by atoms with Crippen molar-refractivity contribution in [3.63, 3.8) is 0 Å². The Morgan fingerprint density at radius 1 is 0.943 bits per heavy atom. The number of hydrogen-bond acceptors (Lipinski definition) is 9. The SMILES string of the molecule is CC(C)OC(=O)[C@H](Cc1ccc(-n2c(=O)c(CO)cn(C)c2=O)cc1)NC(=O)c1cc(F)c(NS(=O)(=O)c2ccc(NC(=O)C(C)(C)C)cc2)cc1F. The topological polar surface area (TPSA) is 195 Å². The molecule has 4 N–H and O–H groups in total. The maximum Gasteiger partial charge on any atom is 0.335 e. The molecule has 0 saturated heterocycles. The molecule has 0 aliphatic heterocycles. The molecule has 4 rings (SSSR count). The van der Waals surface area contributed by atoms with E-state index in [1.807, 2.05) is 4.72 Å². The summed E-state index contributed by atoms with van der Waals surface area (Å²) in [5.41, 5.74) is -2.84. The van der Waals surface area contributed by atoms with Crippen molar-refractivity contribution in [1.82, 2.24) is 14.5 Å². The third kappa shape index (κ3) is 9.61. The Morgan fingerprint density at radius 2 is 1.57 bits per heavy atom. The summed E-state index contributed by atoms with van der Waals surface area (Å²) in [6.45, 7) is 7.65. The number of rotatable bonds is 12. The van der Waals surface area contributed by atoms with E-state index in [9.17, 15) is 37.5 Å². The molecule has 0 aliphatic carbocycles. The first-order valence-electron chi connectivity index (χ1n) is 16.2. The van der Waals surface area contributed by atoms with Crippen molar-refractivity contribution in [2.75, 3.05) is 10.0 Å². The summed E-state index contributed by atoms with van der Waals surface area (Å²) in [5.74, 6) is -5.01. The molecule has 4 aromatic rings. The predicted molar refractivity (Wildman–Crippen MR) is 191 cm³/mol. The summed E-state index contributed by atoms with van der Waals surface area (Å²) in [6, 6.07) is 10.3. The molecule has 3 aromatic carbocycles. The van der Waals surface area contributed by atoms with E-state index >= 15 is 8.78 Å². The van der Waals surface area contributed by atoms with E-state index in [4.69, 9.17) is 4.74 Å². The molecule has 1 atom stereocenters. The highest BCUT2D eigenvalue weighted by atomic mass is 32.2. The van der Waals surface area contributed by atoms with Crippen molar-refractivity contribution < 1.29 is 41.4 Å². The number of halogens is 2. The molecule has 0 unspecified atom stereocenters. The van der Waals surface area contributed by atoms with Gasteiger partial charge in [-0.15, -0.1) is 0 Å². The van der Waals surface area contributed by atoms with E-state index in [1.54, 1.807) is 34.6 Å². The number of aromatic nitrogens is 2. The van der Waals surface area contributed by atoms with Crippen LogP contribution >= 0.6 is 0 Å². The average Bonchev–Trinajstić information content (AvgIpc) is 3.07. The zero-order valence-electron chi connectivity index (χ0n) is 29.7. The molecule has 0 radical (unpaired) electrons. The number of esters is 1. The summed E-state index contributed by atoms with van der Waals surface area (Å²) in [5, 5.41) is 14.5. The second-order valence-corrected chi connectivity index (χ2v) is 15.1. The van der Waals surface area contributed by atoms with Crippen LogP contribution in [0, 0.1) is 17.0 Å². The van der Waals surface area contributed by atoms with Crippen LogP contribution in [-0.4, -0.2) is 52.6 Å². The highest BCUT2D eigenvalue weighted by Gasteiger charge is 2.28. The summed E-state index contributed by atoms with van der Waals surface area (Å²) >= 11 is 0. The number of amides is 2. The number of hydrogen-bond donors (Lipinski definition) is 4.